The second-order valence-electron chi connectivity index (χ2n) is 6.08. The van der Waals surface area contributed by atoms with Crippen LogP contribution in [-0.4, -0.2) is 32.0 Å². The molecule has 138 valence electrons. The van der Waals surface area contributed by atoms with Gasteiger partial charge in [-0.05, 0) is 44.0 Å². The number of ether oxygens (including phenoxy) is 1. The predicted molar refractivity (Wildman–Crippen MR) is 102 cm³/mol. The van der Waals surface area contributed by atoms with Crippen molar-refractivity contribution >= 4 is 29.3 Å². The van der Waals surface area contributed by atoms with E-state index in [-0.39, 0.29) is 17.8 Å². The molecule has 1 aromatic heterocycles. The third kappa shape index (κ3) is 5.02. The highest BCUT2D eigenvalue weighted by Gasteiger charge is 2.27. The minimum atomic E-state index is -0.242. The standard InChI is InChI=1S/C18H21ClN4O2S/c1-3-10-23-16(11-25-15-8-4-13(19)5-9-15)21-22-18(23)26-12(2)17(24)20-14-6-7-14/h3-5,8-9,12,14H,1,6-7,10-11H2,2H3,(H,20,24). The maximum atomic E-state index is 12.2. The summed E-state index contributed by atoms with van der Waals surface area (Å²) < 4.78 is 7.67. The average Bonchev–Trinajstić information content (AvgIpc) is 3.37. The van der Waals surface area contributed by atoms with Gasteiger partial charge in [-0.15, -0.1) is 16.8 Å². The second kappa shape index (κ2) is 8.60. The number of halogens is 1. The van der Waals surface area contributed by atoms with Gasteiger partial charge in [-0.1, -0.05) is 29.4 Å². The Morgan fingerprint density at radius 2 is 2.19 bits per heavy atom. The fraction of sp³-hybridized carbons (Fsp3) is 0.389. The van der Waals surface area contributed by atoms with Crippen molar-refractivity contribution in [3.05, 3.63) is 47.8 Å². The summed E-state index contributed by atoms with van der Waals surface area (Å²) in [6.45, 7) is 6.48. The van der Waals surface area contributed by atoms with Gasteiger partial charge in [0.15, 0.2) is 11.0 Å². The monoisotopic (exact) mass is 392 g/mol. The lowest BCUT2D eigenvalue weighted by Crippen LogP contribution is -2.32. The van der Waals surface area contributed by atoms with Gasteiger partial charge in [0.1, 0.15) is 12.4 Å². The number of nitrogens with one attached hydrogen (secondary N) is 1. The van der Waals surface area contributed by atoms with Crippen molar-refractivity contribution in [2.24, 2.45) is 0 Å². The molecule has 1 amide bonds. The van der Waals surface area contributed by atoms with Crippen LogP contribution in [0.5, 0.6) is 5.75 Å². The number of hydrogen-bond acceptors (Lipinski definition) is 5. The number of amides is 1. The number of thioether (sulfide) groups is 1. The van der Waals surface area contributed by atoms with Crippen molar-refractivity contribution in [1.82, 2.24) is 20.1 Å². The van der Waals surface area contributed by atoms with Crippen molar-refractivity contribution in [3.8, 4) is 5.75 Å². The molecule has 0 radical (unpaired) electrons. The van der Waals surface area contributed by atoms with Crippen LogP contribution in [0.15, 0.2) is 42.1 Å². The third-order valence-electron chi connectivity index (χ3n) is 3.86. The highest BCUT2D eigenvalue weighted by molar-refractivity contribution is 8.00. The molecule has 1 unspecified atom stereocenters. The molecule has 1 atom stereocenters. The van der Waals surface area contributed by atoms with Crippen LogP contribution in [0.2, 0.25) is 5.02 Å². The molecule has 1 N–H and O–H groups in total. The molecule has 1 aromatic carbocycles. The fourth-order valence-electron chi connectivity index (χ4n) is 2.26. The maximum absolute atomic E-state index is 12.2. The van der Waals surface area contributed by atoms with Gasteiger partial charge in [0.2, 0.25) is 5.91 Å². The van der Waals surface area contributed by atoms with Gasteiger partial charge >= 0.3 is 0 Å². The first kappa shape index (κ1) is 18.8. The van der Waals surface area contributed by atoms with E-state index in [1.54, 1.807) is 30.3 Å². The number of aromatic nitrogens is 3. The highest BCUT2D eigenvalue weighted by atomic mass is 35.5. The van der Waals surface area contributed by atoms with Crippen LogP contribution >= 0.6 is 23.4 Å². The molecule has 1 fully saturated rings. The first-order valence-electron chi connectivity index (χ1n) is 8.45. The van der Waals surface area contributed by atoms with E-state index in [0.29, 0.717) is 34.3 Å². The quantitative estimate of drug-likeness (QED) is 0.522. The van der Waals surface area contributed by atoms with E-state index < -0.39 is 0 Å². The zero-order valence-corrected chi connectivity index (χ0v) is 16.1. The lowest BCUT2D eigenvalue weighted by atomic mass is 10.3. The van der Waals surface area contributed by atoms with E-state index in [1.165, 1.54) is 11.8 Å². The van der Waals surface area contributed by atoms with Crippen molar-refractivity contribution in [1.29, 1.82) is 0 Å². The smallest absolute Gasteiger partial charge is 0.233 e. The van der Waals surface area contributed by atoms with Gasteiger partial charge in [0.05, 0.1) is 5.25 Å². The maximum Gasteiger partial charge on any atom is 0.233 e. The Labute approximate surface area is 162 Å². The molecular weight excluding hydrogens is 372 g/mol. The number of carbonyl (C=O) groups is 1. The van der Waals surface area contributed by atoms with Crippen molar-refractivity contribution < 1.29 is 9.53 Å². The fourth-order valence-corrected chi connectivity index (χ4v) is 3.27. The lowest BCUT2D eigenvalue weighted by molar-refractivity contribution is -0.120. The minimum absolute atomic E-state index is 0.0321. The molecule has 0 aliphatic heterocycles. The Balaban J connectivity index is 1.65. The Hall–Kier alpha value is -1.99. The molecule has 8 heteroatoms. The molecule has 6 nitrogen and oxygen atoms in total. The van der Waals surface area contributed by atoms with Crippen LogP contribution in [0.4, 0.5) is 0 Å². The summed E-state index contributed by atoms with van der Waals surface area (Å²) in [4.78, 5) is 12.2. The predicted octanol–water partition coefficient (Wildman–Crippen LogP) is 3.46. The molecule has 3 rings (SSSR count). The lowest BCUT2D eigenvalue weighted by Gasteiger charge is -2.12. The minimum Gasteiger partial charge on any atom is -0.486 e. The van der Waals surface area contributed by atoms with Crippen molar-refractivity contribution in [3.63, 3.8) is 0 Å². The van der Waals surface area contributed by atoms with E-state index in [9.17, 15) is 4.79 Å². The zero-order valence-electron chi connectivity index (χ0n) is 14.5. The molecule has 2 aromatic rings. The van der Waals surface area contributed by atoms with E-state index in [4.69, 9.17) is 16.3 Å². The van der Waals surface area contributed by atoms with Crippen molar-refractivity contribution in [2.45, 2.75) is 49.4 Å². The van der Waals surface area contributed by atoms with Gasteiger partial charge < -0.3 is 10.1 Å². The molecule has 1 aliphatic carbocycles. The Morgan fingerprint density at radius 3 is 2.85 bits per heavy atom. The topological polar surface area (TPSA) is 69.0 Å². The normalized spacial score (nSPS) is 14.7. The summed E-state index contributed by atoms with van der Waals surface area (Å²) in [6.07, 6.45) is 3.91. The number of nitrogens with zero attached hydrogens (tertiary/aromatic N) is 3. The van der Waals surface area contributed by atoms with Crippen LogP contribution in [0.1, 0.15) is 25.6 Å². The Bertz CT molecular complexity index is 774. The summed E-state index contributed by atoms with van der Waals surface area (Å²) in [6, 6.07) is 7.49. The summed E-state index contributed by atoms with van der Waals surface area (Å²) in [7, 11) is 0. The highest BCUT2D eigenvalue weighted by Crippen LogP contribution is 2.25. The van der Waals surface area contributed by atoms with Gasteiger partial charge in [-0.25, -0.2) is 0 Å². The first-order chi connectivity index (χ1) is 12.6. The molecule has 1 heterocycles. The Kier molecular flexibility index (Phi) is 6.21. The molecule has 0 spiro atoms. The van der Waals surface area contributed by atoms with E-state index in [0.717, 1.165) is 12.8 Å². The molecule has 1 aliphatic rings. The number of carbonyl (C=O) groups excluding carboxylic acids is 1. The van der Waals surface area contributed by atoms with E-state index in [1.807, 2.05) is 11.5 Å². The van der Waals surface area contributed by atoms with Gasteiger partial charge in [-0.2, -0.15) is 0 Å². The zero-order chi connectivity index (χ0) is 18.5. The first-order valence-corrected chi connectivity index (χ1v) is 9.71. The molecule has 26 heavy (non-hydrogen) atoms. The second-order valence-corrected chi connectivity index (χ2v) is 7.83. The van der Waals surface area contributed by atoms with Crippen LogP contribution in [0, 0.1) is 0 Å². The molecule has 0 saturated heterocycles. The SMILES string of the molecule is C=CCn1c(COc2ccc(Cl)cc2)nnc1SC(C)C(=O)NC1CC1. The van der Waals surface area contributed by atoms with Crippen LogP contribution in [-0.2, 0) is 17.9 Å². The number of hydrogen-bond donors (Lipinski definition) is 1. The van der Waals surface area contributed by atoms with Crippen LogP contribution in [0.3, 0.4) is 0 Å². The number of benzene rings is 1. The average molecular weight is 393 g/mol. The Morgan fingerprint density at radius 1 is 1.46 bits per heavy atom. The molecule has 1 saturated carbocycles. The molecule has 0 bridgehead atoms. The van der Waals surface area contributed by atoms with Crippen LogP contribution < -0.4 is 10.1 Å². The van der Waals surface area contributed by atoms with Gasteiger partial charge in [-0.3, -0.25) is 9.36 Å². The van der Waals surface area contributed by atoms with Crippen LogP contribution in [0.25, 0.3) is 0 Å². The largest absolute Gasteiger partial charge is 0.486 e. The van der Waals surface area contributed by atoms with E-state index >= 15 is 0 Å². The number of allylic oxidation sites excluding steroid dienone is 1. The summed E-state index contributed by atoms with van der Waals surface area (Å²) >= 11 is 7.27. The van der Waals surface area contributed by atoms with Gasteiger partial charge in [0.25, 0.3) is 0 Å². The third-order valence-corrected chi connectivity index (χ3v) is 5.19. The van der Waals surface area contributed by atoms with Gasteiger partial charge in [0, 0.05) is 17.6 Å². The van der Waals surface area contributed by atoms with Crippen molar-refractivity contribution in [2.75, 3.05) is 0 Å². The number of rotatable bonds is 9. The van der Waals surface area contributed by atoms with E-state index in [2.05, 4.69) is 22.1 Å². The summed E-state index contributed by atoms with van der Waals surface area (Å²) in [5.74, 6) is 1.41. The molecular formula is C18H21ClN4O2S. The summed E-state index contributed by atoms with van der Waals surface area (Å²) in [5, 5.41) is 12.5. The summed E-state index contributed by atoms with van der Waals surface area (Å²) in [5.41, 5.74) is 0.